The molecule has 0 saturated carbocycles. The van der Waals surface area contributed by atoms with Crippen molar-refractivity contribution < 1.29 is 4.79 Å². The molecule has 3 N–H and O–H groups in total. The molecule has 0 aromatic carbocycles. The molecule has 1 amide bonds. The van der Waals surface area contributed by atoms with Crippen LogP contribution in [-0.2, 0) is 0 Å². The first-order valence-electron chi connectivity index (χ1n) is 4.59. The van der Waals surface area contributed by atoms with Crippen molar-refractivity contribution in [1.82, 2.24) is 10.3 Å². The van der Waals surface area contributed by atoms with Gasteiger partial charge in [0.15, 0.2) is 0 Å². The van der Waals surface area contributed by atoms with Crippen LogP contribution in [0.25, 0.3) is 0 Å². The fourth-order valence-electron chi connectivity index (χ4n) is 1.00. The molecule has 0 aliphatic carbocycles. The number of thiocarbonyl (C=S) groups is 1. The fraction of sp³-hybridized carbons (Fsp3) is 0.300. The number of amides is 1. The summed E-state index contributed by atoms with van der Waals surface area (Å²) in [6.07, 6.45) is 2.06. The second kappa shape index (κ2) is 5.41. The second-order valence-corrected chi connectivity index (χ2v) is 3.68. The van der Waals surface area contributed by atoms with Crippen LogP contribution in [0.15, 0.2) is 18.3 Å². The molecule has 0 spiro atoms. The Morgan fingerprint density at radius 2 is 2.33 bits per heavy atom. The van der Waals surface area contributed by atoms with E-state index in [9.17, 15) is 4.79 Å². The Balaban J connectivity index is 2.47. The molecule has 80 valence electrons. The van der Waals surface area contributed by atoms with Gasteiger partial charge in [-0.1, -0.05) is 12.2 Å². The maximum Gasteiger partial charge on any atom is 0.252 e. The number of carbonyl (C=O) groups is 1. The number of nitrogens with two attached hydrogens (primary N) is 1. The summed E-state index contributed by atoms with van der Waals surface area (Å²) in [4.78, 5) is 15.9. The number of hydrogen-bond acceptors (Lipinski definition) is 3. The molecule has 1 aromatic heterocycles. The Hall–Kier alpha value is -1.49. The molecule has 5 heteroatoms. The molecule has 0 saturated heterocycles. The Bertz CT molecular complexity index is 361. The SMILES string of the molecule is Cc1ccc(C(=O)NCCC(N)=S)cn1. The van der Waals surface area contributed by atoms with Crippen LogP contribution >= 0.6 is 12.2 Å². The lowest BCUT2D eigenvalue weighted by atomic mass is 10.2. The lowest BCUT2D eigenvalue weighted by Crippen LogP contribution is -2.27. The van der Waals surface area contributed by atoms with Gasteiger partial charge in [0.05, 0.1) is 10.6 Å². The number of aromatic nitrogens is 1. The van der Waals surface area contributed by atoms with Crippen molar-refractivity contribution in [1.29, 1.82) is 0 Å². The van der Waals surface area contributed by atoms with Crippen molar-refractivity contribution in [3.05, 3.63) is 29.6 Å². The van der Waals surface area contributed by atoms with Gasteiger partial charge in [-0.25, -0.2) is 0 Å². The molecular formula is C10H13N3OS. The van der Waals surface area contributed by atoms with Crippen LogP contribution in [0.5, 0.6) is 0 Å². The first-order valence-corrected chi connectivity index (χ1v) is 4.99. The highest BCUT2D eigenvalue weighted by Crippen LogP contribution is 1.98. The lowest BCUT2D eigenvalue weighted by Gasteiger charge is -2.03. The zero-order valence-electron chi connectivity index (χ0n) is 8.49. The third-order valence-electron chi connectivity index (χ3n) is 1.83. The average Bonchev–Trinajstić information content (AvgIpc) is 2.18. The minimum absolute atomic E-state index is 0.154. The number of carbonyl (C=O) groups excluding carboxylic acids is 1. The van der Waals surface area contributed by atoms with E-state index < -0.39 is 0 Å². The van der Waals surface area contributed by atoms with Crippen LogP contribution < -0.4 is 11.1 Å². The Morgan fingerprint density at radius 3 is 2.87 bits per heavy atom. The third-order valence-corrected chi connectivity index (χ3v) is 2.03. The predicted molar refractivity (Wildman–Crippen MR) is 62.7 cm³/mol. The number of pyridine rings is 1. The van der Waals surface area contributed by atoms with E-state index in [1.165, 1.54) is 0 Å². The van der Waals surface area contributed by atoms with Crippen molar-refractivity contribution in [2.45, 2.75) is 13.3 Å². The first-order chi connectivity index (χ1) is 7.09. The van der Waals surface area contributed by atoms with Crippen LogP contribution in [0, 0.1) is 6.92 Å². The summed E-state index contributed by atoms with van der Waals surface area (Å²) in [7, 11) is 0. The van der Waals surface area contributed by atoms with Crippen LogP contribution in [0.4, 0.5) is 0 Å². The molecule has 1 aromatic rings. The quantitative estimate of drug-likeness (QED) is 0.741. The van der Waals surface area contributed by atoms with Gasteiger partial charge in [0.1, 0.15) is 0 Å². The fourth-order valence-corrected chi connectivity index (χ4v) is 1.11. The molecule has 0 atom stereocenters. The van der Waals surface area contributed by atoms with E-state index in [1.807, 2.05) is 6.92 Å². The monoisotopic (exact) mass is 223 g/mol. The molecule has 0 radical (unpaired) electrons. The summed E-state index contributed by atoms with van der Waals surface area (Å²) >= 11 is 4.70. The smallest absolute Gasteiger partial charge is 0.252 e. The van der Waals surface area contributed by atoms with E-state index >= 15 is 0 Å². The third kappa shape index (κ3) is 4.03. The molecule has 0 fully saturated rings. The molecule has 0 aliphatic heterocycles. The highest BCUT2D eigenvalue weighted by Gasteiger charge is 2.04. The van der Waals surface area contributed by atoms with Gasteiger partial charge in [-0.15, -0.1) is 0 Å². The van der Waals surface area contributed by atoms with E-state index in [4.69, 9.17) is 18.0 Å². The molecule has 15 heavy (non-hydrogen) atoms. The van der Waals surface area contributed by atoms with Crippen LogP contribution in [-0.4, -0.2) is 22.4 Å². The van der Waals surface area contributed by atoms with Crippen molar-refractivity contribution in [2.75, 3.05) is 6.54 Å². The first kappa shape index (κ1) is 11.6. The van der Waals surface area contributed by atoms with Gasteiger partial charge in [-0.2, -0.15) is 0 Å². The van der Waals surface area contributed by atoms with E-state index in [2.05, 4.69) is 10.3 Å². The van der Waals surface area contributed by atoms with E-state index in [0.717, 1.165) is 5.69 Å². The van der Waals surface area contributed by atoms with Crippen molar-refractivity contribution in [3.63, 3.8) is 0 Å². The highest BCUT2D eigenvalue weighted by molar-refractivity contribution is 7.80. The standard InChI is InChI=1S/C10H13N3OS/c1-7-2-3-8(6-13-7)10(14)12-5-4-9(11)15/h2-3,6H,4-5H2,1H3,(H2,11,15)(H,12,14). The van der Waals surface area contributed by atoms with E-state index in [1.54, 1.807) is 18.3 Å². The number of nitrogens with zero attached hydrogens (tertiary/aromatic N) is 1. The van der Waals surface area contributed by atoms with Gasteiger partial charge in [0.2, 0.25) is 0 Å². The maximum atomic E-state index is 11.5. The number of rotatable bonds is 4. The van der Waals surface area contributed by atoms with Crippen molar-refractivity contribution >= 4 is 23.1 Å². The summed E-state index contributed by atoms with van der Waals surface area (Å²) in [5.41, 5.74) is 6.73. The largest absolute Gasteiger partial charge is 0.393 e. The van der Waals surface area contributed by atoms with Gasteiger partial charge in [-0.05, 0) is 19.1 Å². The molecule has 1 heterocycles. The van der Waals surface area contributed by atoms with E-state index in [-0.39, 0.29) is 5.91 Å². The predicted octanol–water partition coefficient (Wildman–Crippen LogP) is 0.796. The van der Waals surface area contributed by atoms with Gasteiger partial charge < -0.3 is 11.1 Å². The minimum atomic E-state index is -0.154. The summed E-state index contributed by atoms with van der Waals surface area (Å²) in [6.45, 7) is 2.33. The highest BCUT2D eigenvalue weighted by atomic mass is 32.1. The molecular weight excluding hydrogens is 210 g/mol. The topological polar surface area (TPSA) is 68.0 Å². The second-order valence-electron chi connectivity index (χ2n) is 3.16. The van der Waals surface area contributed by atoms with Crippen molar-refractivity contribution in [2.24, 2.45) is 5.73 Å². The Labute approximate surface area is 93.9 Å². The normalized spacial score (nSPS) is 9.67. The summed E-state index contributed by atoms with van der Waals surface area (Å²) < 4.78 is 0. The van der Waals surface area contributed by atoms with Crippen LogP contribution in [0.2, 0.25) is 0 Å². The van der Waals surface area contributed by atoms with E-state index in [0.29, 0.717) is 23.5 Å². The van der Waals surface area contributed by atoms with Gasteiger partial charge in [0.25, 0.3) is 5.91 Å². The molecule has 0 unspecified atom stereocenters. The lowest BCUT2D eigenvalue weighted by molar-refractivity contribution is 0.0954. The molecule has 0 bridgehead atoms. The summed E-state index contributed by atoms with van der Waals surface area (Å²) in [6, 6.07) is 3.53. The number of aryl methyl sites for hydroxylation is 1. The number of hydrogen-bond donors (Lipinski definition) is 2. The summed E-state index contributed by atoms with van der Waals surface area (Å²) in [5, 5.41) is 2.70. The zero-order chi connectivity index (χ0) is 11.3. The Morgan fingerprint density at radius 1 is 1.60 bits per heavy atom. The Kier molecular flexibility index (Phi) is 4.17. The van der Waals surface area contributed by atoms with Crippen LogP contribution in [0.3, 0.4) is 0 Å². The van der Waals surface area contributed by atoms with Gasteiger partial charge in [-0.3, -0.25) is 9.78 Å². The summed E-state index contributed by atoms with van der Waals surface area (Å²) in [5.74, 6) is -0.154. The molecule has 4 nitrogen and oxygen atoms in total. The molecule has 0 aliphatic rings. The average molecular weight is 223 g/mol. The maximum absolute atomic E-state index is 11.5. The van der Waals surface area contributed by atoms with Gasteiger partial charge in [0, 0.05) is 24.9 Å². The molecule has 1 rings (SSSR count). The zero-order valence-corrected chi connectivity index (χ0v) is 9.30. The van der Waals surface area contributed by atoms with Crippen molar-refractivity contribution in [3.8, 4) is 0 Å². The van der Waals surface area contributed by atoms with Gasteiger partial charge >= 0.3 is 0 Å². The minimum Gasteiger partial charge on any atom is -0.393 e. The van der Waals surface area contributed by atoms with Crippen LogP contribution in [0.1, 0.15) is 22.5 Å². The number of nitrogens with one attached hydrogen (secondary N) is 1.